The van der Waals surface area contributed by atoms with Gasteiger partial charge in [-0.2, -0.15) is 5.26 Å². The van der Waals surface area contributed by atoms with Crippen LogP contribution in [0, 0.1) is 11.3 Å². The number of benzene rings is 2. The fourth-order valence-corrected chi connectivity index (χ4v) is 1.89. The lowest BCUT2D eigenvalue weighted by molar-refractivity contribution is -0.122. The minimum absolute atomic E-state index is 0.260. The van der Waals surface area contributed by atoms with Gasteiger partial charge in [-0.3, -0.25) is 4.79 Å². The summed E-state index contributed by atoms with van der Waals surface area (Å²) in [5.41, 5.74) is 0.931. The molecule has 0 aliphatic rings. The number of carbonyl (C=O) groups excluding carboxylic acids is 1. The van der Waals surface area contributed by atoms with E-state index in [1.54, 1.807) is 36.4 Å². The Morgan fingerprint density at radius 3 is 2.52 bits per heavy atom. The van der Waals surface area contributed by atoms with Gasteiger partial charge in [0.05, 0.1) is 11.3 Å². The zero-order valence-electron chi connectivity index (χ0n) is 11.7. The van der Waals surface area contributed by atoms with Gasteiger partial charge in [-0.25, -0.2) is 0 Å². The normalized spacial score (nSPS) is 11.2. The fraction of sp³-hybridized carbons (Fsp3) is 0.176. The van der Waals surface area contributed by atoms with E-state index in [-0.39, 0.29) is 5.91 Å². The molecule has 21 heavy (non-hydrogen) atoms. The number of nitriles is 1. The van der Waals surface area contributed by atoms with E-state index in [0.29, 0.717) is 23.4 Å². The SMILES string of the molecule is CC[C@@H](Oc1ccccc1)C(=O)Nc1ccccc1C#N. The van der Waals surface area contributed by atoms with Crippen molar-refractivity contribution < 1.29 is 9.53 Å². The van der Waals surface area contributed by atoms with E-state index in [1.807, 2.05) is 25.1 Å². The lowest BCUT2D eigenvalue weighted by Crippen LogP contribution is -2.32. The zero-order chi connectivity index (χ0) is 15.1. The Labute approximate surface area is 124 Å². The van der Waals surface area contributed by atoms with Crippen LogP contribution in [0.1, 0.15) is 18.9 Å². The zero-order valence-corrected chi connectivity index (χ0v) is 11.7. The highest BCUT2D eigenvalue weighted by Gasteiger charge is 2.19. The molecule has 0 aliphatic carbocycles. The molecule has 0 heterocycles. The monoisotopic (exact) mass is 280 g/mol. The summed E-state index contributed by atoms with van der Waals surface area (Å²) in [6.45, 7) is 1.88. The Kier molecular flexibility index (Phi) is 4.94. The average Bonchev–Trinajstić information content (AvgIpc) is 2.54. The molecule has 1 N–H and O–H groups in total. The number of anilines is 1. The van der Waals surface area contributed by atoms with Gasteiger partial charge in [-0.15, -0.1) is 0 Å². The molecular formula is C17H16N2O2. The molecule has 1 amide bonds. The first-order valence-corrected chi connectivity index (χ1v) is 6.76. The van der Waals surface area contributed by atoms with E-state index in [1.165, 1.54) is 0 Å². The number of hydrogen-bond acceptors (Lipinski definition) is 3. The molecule has 106 valence electrons. The highest BCUT2D eigenvalue weighted by atomic mass is 16.5. The largest absolute Gasteiger partial charge is 0.481 e. The molecule has 4 heteroatoms. The fourth-order valence-electron chi connectivity index (χ4n) is 1.89. The number of nitrogens with zero attached hydrogens (tertiary/aromatic N) is 1. The van der Waals surface area contributed by atoms with Crippen molar-refractivity contribution in [1.29, 1.82) is 5.26 Å². The molecule has 0 unspecified atom stereocenters. The summed E-state index contributed by atoms with van der Waals surface area (Å²) >= 11 is 0. The van der Waals surface area contributed by atoms with Crippen LogP contribution in [0.2, 0.25) is 0 Å². The van der Waals surface area contributed by atoms with Crippen LogP contribution in [-0.4, -0.2) is 12.0 Å². The first kappa shape index (κ1) is 14.6. The third kappa shape index (κ3) is 3.83. The first-order valence-electron chi connectivity index (χ1n) is 6.76. The molecule has 0 fully saturated rings. The smallest absolute Gasteiger partial charge is 0.265 e. The van der Waals surface area contributed by atoms with Crippen molar-refractivity contribution in [3.8, 4) is 11.8 Å². The maximum atomic E-state index is 12.3. The molecule has 2 aromatic carbocycles. The van der Waals surface area contributed by atoms with E-state index < -0.39 is 6.10 Å². The molecule has 0 spiro atoms. The van der Waals surface area contributed by atoms with E-state index in [0.717, 1.165) is 0 Å². The van der Waals surface area contributed by atoms with Gasteiger partial charge in [-0.05, 0) is 30.7 Å². The third-order valence-corrected chi connectivity index (χ3v) is 2.99. The molecule has 2 aromatic rings. The van der Waals surface area contributed by atoms with Crippen molar-refractivity contribution in [3.05, 3.63) is 60.2 Å². The van der Waals surface area contributed by atoms with Crippen molar-refractivity contribution in [2.75, 3.05) is 5.32 Å². The Hall–Kier alpha value is -2.80. The second-order valence-corrected chi connectivity index (χ2v) is 4.47. The number of ether oxygens (including phenoxy) is 1. The first-order chi connectivity index (χ1) is 10.2. The topological polar surface area (TPSA) is 62.1 Å². The third-order valence-electron chi connectivity index (χ3n) is 2.99. The van der Waals surface area contributed by atoms with Crippen molar-refractivity contribution in [2.45, 2.75) is 19.4 Å². The number of nitrogens with one attached hydrogen (secondary N) is 1. The number of rotatable bonds is 5. The van der Waals surface area contributed by atoms with Crippen LogP contribution in [0.4, 0.5) is 5.69 Å². The molecule has 0 aliphatic heterocycles. The van der Waals surface area contributed by atoms with Gasteiger partial charge in [0.2, 0.25) is 0 Å². The summed E-state index contributed by atoms with van der Waals surface area (Å²) in [6, 6.07) is 18.1. The molecule has 0 radical (unpaired) electrons. The molecule has 4 nitrogen and oxygen atoms in total. The second-order valence-electron chi connectivity index (χ2n) is 4.47. The molecule has 0 bridgehead atoms. The van der Waals surface area contributed by atoms with Crippen molar-refractivity contribution in [1.82, 2.24) is 0 Å². The summed E-state index contributed by atoms with van der Waals surface area (Å²) in [5, 5.41) is 11.8. The number of amides is 1. The summed E-state index contributed by atoms with van der Waals surface area (Å²) in [4.78, 5) is 12.3. The van der Waals surface area contributed by atoms with Crippen molar-refractivity contribution >= 4 is 11.6 Å². The maximum absolute atomic E-state index is 12.3. The molecular weight excluding hydrogens is 264 g/mol. The van der Waals surface area contributed by atoms with Crippen LogP contribution < -0.4 is 10.1 Å². The summed E-state index contributed by atoms with van der Waals surface area (Å²) in [5.74, 6) is 0.386. The van der Waals surface area contributed by atoms with E-state index >= 15 is 0 Å². The minimum atomic E-state index is -0.598. The predicted molar refractivity (Wildman–Crippen MR) is 80.9 cm³/mol. The number of carbonyl (C=O) groups is 1. The van der Waals surface area contributed by atoms with Gasteiger partial charge in [0.25, 0.3) is 5.91 Å². The van der Waals surface area contributed by atoms with E-state index in [9.17, 15) is 4.79 Å². The molecule has 0 saturated heterocycles. The van der Waals surface area contributed by atoms with Crippen LogP contribution in [0.3, 0.4) is 0 Å². The summed E-state index contributed by atoms with van der Waals surface area (Å²) < 4.78 is 5.68. The number of para-hydroxylation sites is 2. The molecule has 0 saturated carbocycles. The predicted octanol–water partition coefficient (Wildman–Crippen LogP) is 3.35. The van der Waals surface area contributed by atoms with Gasteiger partial charge >= 0.3 is 0 Å². The Morgan fingerprint density at radius 1 is 1.19 bits per heavy atom. The summed E-state index contributed by atoms with van der Waals surface area (Å²) in [7, 11) is 0. The van der Waals surface area contributed by atoms with Gasteiger partial charge in [0, 0.05) is 0 Å². The van der Waals surface area contributed by atoms with Gasteiger partial charge in [0.15, 0.2) is 6.10 Å². The molecule has 1 atom stereocenters. The van der Waals surface area contributed by atoms with E-state index in [4.69, 9.17) is 10.00 Å². The lowest BCUT2D eigenvalue weighted by Gasteiger charge is -2.17. The van der Waals surface area contributed by atoms with E-state index in [2.05, 4.69) is 11.4 Å². The van der Waals surface area contributed by atoms with Gasteiger partial charge < -0.3 is 10.1 Å². The maximum Gasteiger partial charge on any atom is 0.265 e. The average molecular weight is 280 g/mol. The minimum Gasteiger partial charge on any atom is -0.481 e. The van der Waals surface area contributed by atoms with Crippen LogP contribution in [-0.2, 0) is 4.79 Å². The Balaban J connectivity index is 2.09. The molecule has 0 aromatic heterocycles. The van der Waals surface area contributed by atoms with Crippen molar-refractivity contribution in [2.24, 2.45) is 0 Å². The standard InChI is InChI=1S/C17H16N2O2/c1-2-16(21-14-9-4-3-5-10-14)17(20)19-15-11-7-6-8-13(15)12-18/h3-11,16H,2H2,1H3,(H,19,20)/t16-/m1/s1. The lowest BCUT2D eigenvalue weighted by atomic mass is 10.2. The second kappa shape index (κ2) is 7.11. The van der Waals surface area contributed by atoms with Gasteiger partial charge in [0.1, 0.15) is 11.8 Å². The van der Waals surface area contributed by atoms with Gasteiger partial charge in [-0.1, -0.05) is 37.3 Å². The van der Waals surface area contributed by atoms with Crippen LogP contribution in [0.25, 0.3) is 0 Å². The number of hydrogen-bond donors (Lipinski definition) is 1. The highest BCUT2D eigenvalue weighted by Crippen LogP contribution is 2.17. The Morgan fingerprint density at radius 2 is 1.86 bits per heavy atom. The quantitative estimate of drug-likeness (QED) is 0.913. The van der Waals surface area contributed by atoms with Crippen LogP contribution in [0.15, 0.2) is 54.6 Å². The van der Waals surface area contributed by atoms with Crippen LogP contribution in [0.5, 0.6) is 5.75 Å². The van der Waals surface area contributed by atoms with Crippen molar-refractivity contribution in [3.63, 3.8) is 0 Å². The van der Waals surface area contributed by atoms with Crippen LogP contribution >= 0.6 is 0 Å². The Bertz CT molecular complexity index is 647. The summed E-state index contributed by atoms with van der Waals surface area (Å²) in [6.07, 6.45) is -0.0609. The molecule has 2 rings (SSSR count). The highest BCUT2D eigenvalue weighted by molar-refractivity contribution is 5.95.